The Hall–Kier alpha value is -1.99. The average molecular weight is 313 g/mol. The number of carbonyl (C=O) groups is 1. The Labute approximate surface area is 137 Å². The van der Waals surface area contributed by atoms with E-state index >= 15 is 0 Å². The van der Waals surface area contributed by atoms with E-state index in [2.05, 4.69) is 11.8 Å². The fourth-order valence-electron chi connectivity index (χ4n) is 3.94. The van der Waals surface area contributed by atoms with Gasteiger partial charge >= 0.3 is 6.09 Å². The molecular weight excluding hydrogens is 290 g/mol. The monoisotopic (exact) mass is 313 g/mol. The highest BCUT2D eigenvalue weighted by atomic mass is 16.5. The second-order valence-corrected chi connectivity index (χ2v) is 6.56. The molecule has 1 saturated carbocycles. The number of aryl methyl sites for hydroxylation is 1. The highest BCUT2D eigenvalue weighted by Crippen LogP contribution is 2.42. The number of amides is 1. The van der Waals surface area contributed by atoms with Gasteiger partial charge in [-0.1, -0.05) is 24.0 Å². The molecule has 0 radical (unpaired) electrons. The van der Waals surface area contributed by atoms with Crippen LogP contribution in [0.2, 0.25) is 0 Å². The molecule has 2 aliphatic rings. The molecule has 2 unspecified atom stereocenters. The summed E-state index contributed by atoms with van der Waals surface area (Å²) in [6, 6.07) is 8.02. The number of aliphatic hydroxyl groups is 1. The third-order valence-corrected chi connectivity index (χ3v) is 5.07. The Morgan fingerprint density at radius 3 is 3.00 bits per heavy atom. The van der Waals surface area contributed by atoms with Gasteiger partial charge in [0.15, 0.2) is 0 Å². The molecule has 1 amide bonds. The fourth-order valence-corrected chi connectivity index (χ4v) is 3.94. The van der Waals surface area contributed by atoms with Crippen LogP contribution in [0.25, 0.3) is 0 Å². The van der Waals surface area contributed by atoms with Crippen molar-refractivity contribution in [1.29, 1.82) is 0 Å². The van der Waals surface area contributed by atoms with E-state index in [0.717, 1.165) is 30.4 Å². The second kappa shape index (κ2) is 6.25. The first kappa shape index (κ1) is 15.9. The molecular formula is C19H23NO3. The first-order valence-corrected chi connectivity index (χ1v) is 8.20. The lowest BCUT2D eigenvalue weighted by atomic mass is 9.73. The van der Waals surface area contributed by atoms with Crippen LogP contribution in [-0.4, -0.2) is 41.4 Å². The molecule has 4 nitrogen and oxygen atoms in total. The summed E-state index contributed by atoms with van der Waals surface area (Å²) in [4.78, 5) is 13.6. The standard InChI is InChI=1S/C19H23NO3/c1-14-5-3-6-15(13-14)8-11-19(22)10-4-7-17-16(19)9-12-20(17)18(21)23-2/h3,5-6,13,16-17,22H,4,7,9-10,12H2,1-2H3/t16?,17?,19-/m0/s1. The Kier molecular flexibility index (Phi) is 4.32. The van der Waals surface area contributed by atoms with E-state index < -0.39 is 5.60 Å². The average Bonchev–Trinajstić information content (AvgIpc) is 2.98. The minimum absolute atomic E-state index is 0.00709. The van der Waals surface area contributed by atoms with Crippen LogP contribution in [0.1, 0.15) is 36.8 Å². The number of nitrogens with zero attached hydrogens (tertiary/aromatic N) is 1. The molecule has 1 N–H and O–H groups in total. The zero-order valence-electron chi connectivity index (χ0n) is 13.7. The van der Waals surface area contributed by atoms with Gasteiger partial charge in [-0.25, -0.2) is 4.79 Å². The van der Waals surface area contributed by atoms with Crippen LogP contribution >= 0.6 is 0 Å². The molecule has 1 aromatic carbocycles. The number of fused-ring (bicyclic) bond motifs is 1. The summed E-state index contributed by atoms with van der Waals surface area (Å²) in [5.74, 6) is 6.26. The van der Waals surface area contributed by atoms with Crippen molar-refractivity contribution in [3.63, 3.8) is 0 Å². The van der Waals surface area contributed by atoms with Crippen LogP contribution in [-0.2, 0) is 4.74 Å². The Balaban J connectivity index is 1.83. The lowest BCUT2D eigenvalue weighted by molar-refractivity contribution is -0.0136. The van der Waals surface area contributed by atoms with Crippen LogP contribution < -0.4 is 0 Å². The first-order chi connectivity index (χ1) is 11.0. The van der Waals surface area contributed by atoms with Crippen molar-refractivity contribution in [3.05, 3.63) is 35.4 Å². The molecule has 122 valence electrons. The van der Waals surface area contributed by atoms with E-state index in [1.54, 1.807) is 4.90 Å². The minimum Gasteiger partial charge on any atom is -0.453 e. The van der Waals surface area contributed by atoms with Crippen LogP contribution in [0, 0.1) is 24.7 Å². The van der Waals surface area contributed by atoms with Gasteiger partial charge in [0.05, 0.1) is 7.11 Å². The predicted molar refractivity (Wildman–Crippen MR) is 87.9 cm³/mol. The van der Waals surface area contributed by atoms with Crippen molar-refractivity contribution >= 4 is 6.09 Å². The molecule has 1 aliphatic heterocycles. The van der Waals surface area contributed by atoms with Crippen molar-refractivity contribution in [2.45, 2.75) is 44.2 Å². The second-order valence-electron chi connectivity index (χ2n) is 6.56. The van der Waals surface area contributed by atoms with E-state index in [0.29, 0.717) is 13.0 Å². The number of ether oxygens (including phenoxy) is 1. The van der Waals surface area contributed by atoms with E-state index in [-0.39, 0.29) is 18.1 Å². The third-order valence-electron chi connectivity index (χ3n) is 5.07. The number of likely N-dealkylation sites (tertiary alicyclic amines) is 1. The highest BCUT2D eigenvalue weighted by Gasteiger charge is 2.50. The zero-order valence-corrected chi connectivity index (χ0v) is 13.7. The van der Waals surface area contributed by atoms with Crippen molar-refractivity contribution in [2.75, 3.05) is 13.7 Å². The summed E-state index contributed by atoms with van der Waals surface area (Å²) in [6.45, 7) is 2.66. The SMILES string of the molecule is COC(=O)N1CCC2C1CCC[C@]2(O)C#Cc1cccc(C)c1. The summed E-state index contributed by atoms with van der Waals surface area (Å²) in [7, 11) is 1.40. The molecule has 2 fully saturated rings. The Morgan fingerprint density at radius 2 is 2.26 bits per heavy atom. The number of benzene rings is 1. The summed E-state index contributed by atoms with van der Waals surface area (Å²) in [5, 5.41) is 11.1. The van der Waals surface area contributed by atoms with E-state index in [1.807, 2.05) is 31.2 Å². The van der Waals surface area contributed by atoms with Gasteiger partial charge in [-0.15, -0.1) is 0 Å². The summed E-state index contributed by atoms with van der Waals surface area (Å²) in [6.07, 6.45) is 2.93. The van der Waals surface area contributed by atoms with Gasteiger partial charge in [0, 0.05) is 24.1 Å². The van der Waals surface area contributed by atoms with Gasteiger partial charge in [0.1, 0.15) is 5.60 Å². The summed E-state index contributed by atoms with van der Waals surface area (Å²) < 4.78 is 4.86. The molecule has 23 heavy (non-hydrogen) atoms. The van der Waals surface area contributed by atoms with E-state index in [4.69, 9.17) is 4.74 Å². The van der Waals surface area contributed by atoms with Crippen molar-refractivity contribution < 1.29 is 14.6 Å². The largest absolute Gasteiger partial charge is 0.453 e. The van der Waals surface area contributed by atoms with Crippen LogP contribution in [0.3, 0.4) is 0 Å². The van der Waals surface area contributed by atoms with E-state index in [9.17, 15) is 9.90 Å². The Morgan fingerprint density at radius 1 is 1.43 bits per heavy atom. The molecule has 0 aromatic heterocycles. The molecule has 1 aromatic rings. The Bertz CT molecular complexity index is 660. The molecule has 1 heterocycles. The molecule has 3 rings (SSSR count). The lowest BCUT2D eigenvalue weighted by Gasteiger charge is -2.39. The van der Waals surface area contributed by atoms with E-state index in [1.165, 1.54) is 7.11 Å². The summed E-state index contributed by atoms with van der Waals surface area (Å²) >= 11 is 0. The number of hydrogen-bond donors (Lipinski definition) is 1. The van der Waals surface area contributed by atoms with Crippen molar-refractivity contribution in [2.24, 2.45) is 5.92 Å². The lowest BCUT2D eigenvalue weighted by Crippen LogP contribution is -2.49. The van der Waals surface area contributed by atoms with Crippen LogP contribution in [0.15, 0.2) is 24.3 Å². The zero-order chi connectivity index (χ0) is 16.4. The minimum atomic E-state index is -1.02. The maximum atomic E-state index is 11.9. The van der Waals surface area contributed by atoms with Gasteiger partial charge in [0.2, 0.25) is 0 Å². The van der Waals surface area contributed by atoms with Gasteiger partial charge in [-0.05, 0) is 50.3 Å². The van der Waals surface area contributed by atoms with Gasteiger partial charge in [0.25, 0.3) is 0 Å². The van der Waals surface area contributed by atoms with Crippen LogP contribution in [0.5, 0.6) is 0 Å². The highest BCUT2D eigenvalue weighted by molar-refractivity contribution is 5.68. The van der Waals surface area contributed by atoms with Gasteiger partial charge < -0.3 is 14.7 Å². The molecule has 0 spiro atoms. The number of methoxy groups -OCH3 is 1. The van der Waals surface area contributed by atoms with Crippen molar-refractivity contribution in [1.82, 2.24) is 4.90 Å². The summed E-state index contributed by atoms with van der Waals surface area (Å²) in [5.41, 5.74) is 1.06. The molecule has 1 saturated heterocycles. The number of hydrogen-bond acceptors (Lipinski definition) is 3. The molecule has 1 aliphatic carbocycles. The predicted octanol–water partition coefficient (Wildman–Crippen LogP) is 2.72. The smallest absolute Gasteiger partial charge is 0.409 e. The molecule has 3 atom stereocenters. The maximum Gasteiger partial charge on any atom is 0.409 e. The van der Waals surface area contributed by atoms with Gasteiger partial charge in [-0.2, -0.15) is 0 Å². The first-order valence-electron chi connectivity index (χ1n) is 8.20. The quantitative estimate of drug-likeness (QED) is 0.749. The maximum absolute atomic E-state index is 11.9. The van der Waals surface area contributed by atoms with Gasteiger partial charge in [-0.3, -0.25) is 0 Å². The van der Waals surface area contributed by atoms with Crippen LogP contribution in [0.4, 0.5) is 4.79 Å². The number of carbonyl (C=O) groups excluding carboxylic acids is 1. The fraction of sp³-hybridized carbons (Fsp3) is 0.526. The number of rotatable bonds is 0. The molecule has 4 heteroatoms. The normalized spacial score (nSPS) is 29.4. The van der Waals surface area contributed by atoms with Crippen molar-refractivity contribution in [3.8, 4) is 11.8 Å². The third kappa shape index (κ3) is 3.07. The topological polar surface area (TPSA) is 49.8 Å². The molecule has 0 bridgehead atoms.